The van der Waals surface area contributed by atoms with Gasteiger partial charge in [-0.15, -0.1) is 0 Å². The zero-order valence-electron chi connectivity index (χ0n) is 10.6. The highest BCUT2D eigenvalue weighted by Crippen LogP contribution is 2.18. The number of sulfonamides is 1. The molecule has 1 aromatic carbocycles. The largest absolute Gasteiger partial charge is 0.478 e. The average molecular weight is 282 g/mol. The van der Waals surface area contributed by atoms with Gasteiger partial charge in [0.1, 0.15) is 0 Å². The van der Waals surface area contributed by atoms with Crippen LogP contribution < -0.4 is 0 Å². The highest BCUT2D eigenvalue weighted by atomic mass is 32.2. The fourth-order valence-electron chi connectivity index (χ4n) is 1.45. The van der Waals surface area contributed by atoms with Crippen LogP contribution in [-0.4, -0.2) is 36.9 Å². The van der Waals surface area contributed by atoms with Crippen LogP contribution in [0.25, 0.3) is 0 Å². The summed E-state index contributed by atoms with van der Waals surface area (Å²) in [4.78, 5) is 10.7. The minimum Gasteiger partial charge on any atom is -0.478 e. The molecule has 6 nitrogen and oxygen atoms in total. The Morgan fingerprint density at radius 1 is 1.53 bits per heavy atom. The van der Waals surface area contributed by atoms with Crippen molar-refractivity contribution in [1.82, 2.24) is 4.31 Å². The van der Waals surface area contributed by atoms with E-state index in [1.807, 2.05) is 6.07 Å². The number of hydrogen-bond donors (Lipinski definition) is 1. The first-order valence-corrected chi connectivity index (χ1v) is 6.93. The maximum absolute atomic E-state index is 12.2. The lowest BCUT2D eigenvalue weighted by Crippen LogP contribution is -2.34. The van der Waals surface area contributed by atoms with Crippen LogP contribution in [0.1, 0.15) is 23.7 Å². The molecule has 0 saturated carbocycles. The van der Waals surface area contributed by atoms with Crippen molar-refractivity contribution < 1.29 is 18.3 Å². The molecule has 0 aliphatic rings. The molecule has 102 valence electrons. The molecule has 0 aliphatic carbocycles. The number of nitriles is 1. The van der Waals surface area contributed by atoms with Crippen molar-refractivity contribution in [3.05, 3.63) is 29.8 Å². The number of benzene rings is 1. The van der Waals surface area contributed by atoms with Crippen LogP contribution in [-0.2, 0) is 10.0 Å². The van der Waals surface area contributed by atoms with Crippen LogP contribution in [0, 0.1) is 11.3 Å². The Hall–Kier alpha value is -1.91. The van der Waals surface area contributed by atoms with Gasteiger partial charge in [-0.2, -0.15) is 9.57 Å². The number of carboxylic acids is 1. The van der Waals surface area contributed by atoms with Crippen LogP contribution >= 0.6 is 0 Å². The molecule has 0 radical (unpaired) electrons. The zero-order valence-corrected chi connectivity index (χ0v) is 11.4. The van der Waals surface area contributed by atoms with E-state index in [2.05, 4.69) is 0 Å². The van der Waals surface area contributed by atoms with Gasteiger partial charge in [-0.05, 0) is 25.1 Å². The fraction of sp³-hybridized carbons (Fsp3) is 0.333. The number of hydrogen-bond acceptors (Lipinski definition) is 4. The molecule has 1 aromatic rings. The molecule has 1 unspecified atom stereocenters. The number of rotatable bonds is 5. The monoisotopic (exact) mass is 282 g/mol. The average Bonchev–Trinajstić information content (AvgIpc) is 2.38. The van der Waals surface area contributed by atoms with Crippen molar-refractivity contribution in [2.75, 3.05) is 7.05 Å². The minimum absolute atomic E-state index is 0.0638. The molecule has 0 aliphatic heterocycles. The number of carbonyl (C=O) groups is 1. The smallest absolute Gasteiger partial charge is 0.335 e. The molecule has 0 amide bonds. The van der Waals surface area contributed by atoms with E-state index in [0.29, 0.717) is 0 Å². The summed E-state index contributed by atoms with van der Waals surface area (Å²) in [6.07, 6.45) is 0.0638. The molecule has 0 saturated heterocycles. The molecular weight excluding hydrogens is 268 g/mol. The molecule has 7 heteroatoms. The van der Waals surface area contributed by atoms with Crippen LogP contribution in [0.15, 0.2) is 29.2 Å². The van der Waals surface area contributed by atoms with Crippen molar-refractivity contribution in [3.8, 4) is 6.07 Å². The van der Waals surface area contributed by atoms with Crippen LogP contribution in [0.2, 0.25) is 0 Å². The maximum Gasteiger partial charge on any atom is 0.335 e. The van der Waals surface area contributed by atoms with Gasteiger partial charge in [-0.3, -0.25) is 0 Å². The van der Waals surface area contributed by atoms with Gasteiger partial charge in [0.05, 0.1) is 22.9 Å². The number of nitrogens with zero attached hydrogens (tertiary/aromatic N) is 2. The zero-order chi connectivity index (χ0) is 14.6. The summed E-state index contributed by atoms with van der Waals surface area (Å²) in [6, 6.07) is 6.55. The second-order valence-corrected chi connectivity index (χ2v) is 6.06. The van der Waals surface area contributed by atoms with Gasteiger partial charge in [-0.1, -0.05) is 6.07 Å². The van der Waals surface area contributed by atoms with E-state index in [1.165, 1.54) is 25.2 Å². The lowest BCUT2D eigenvalue weighted by atomic mass is 10.2. The van der Waals surface area contributed by atoms with Gasteiger partial charge in [0, 0.05) is 13.1 Å². The quantitative estimate of drug-likeness (QED) is 0.877. The normalized spacial score (nSPS) is 12.9. The second kappa shape index (κ2) is 5.82. The maximum atomic E-state index is 12.2. The lowest BCUT2D eigenvalue weighted by molar-refractivity contribution is 0.0696. The van der Waals surface area contributed by atoms with Crippen molar-refractivity contribution in [3.63, 3.8) is 0 Å². The van der Waals surface area contributed by atoms with Gasteiger partial charge in [0.2, 0.25) is 10.0 Å². The summed E-state index contributed by atoms with van der Waals surface area (Å²) < 4.78 is 25.6. The topological polar surface area (TPSA) is 98.5 Å². The van der Waals surface area contributed by atoms with E-state index in [4.69, 9.17) is 10.4 Å². The molecule has 1 N–H and O–H groups in total. The summed E-state index contributed by atoms with van der Waals surface area (Å²) in [5.74, 6) is -1.19. The van der Waals surface area contributed by atoms with Gasteiger partial charge >= 0.3 is 5.97 Å². The van der Waals surface area contributed by atoms with Gasteiger partial charge in [0.25, 0.3) is 0 Å². The third kappa shape index (κ3) is 3.30. The first-order chi connectivity index (χ1) is 8.80. The highest BCUT2D eigenvalue weighted by molar-refractivity contribution is 7.89. The second-order valence-electron chi connectivity index (χ2n) is 4.07. The molecule has 0 fully saturated rings. The Kier molecular flexibility index (Phi) is 4.64. The summed E-state index contributed by atoms with van der Waals surface area (Å²) in [5, 5.41) is 17.4. The fourth-order valence-corrected chi connectivity index (χ4v) is 2.86. The molecule has 0 heterocycles. The Labute approximate surface area is 111 Å². The number of aromatic carboxylic acids is 1. The summed E-state index contributed by atoms with van der Waals surface area (Å²) in [6.45, 7) is 1.61. The van der Waals surface area contributed by atoms with Crippen molar-refractivity contribution in [1.29, 1.82) is 5.26 Å². The first kappa shape index (κ1) is 15.1. The number of carboxylic acid groups (broad SMARTS) is 1. The molecule has 0 aromatic heterocycles. The Morgan fingerprint density at radius 2 is 2.16 bits per heavy atom. The van der Waals surface area contributed by atoms with Crippen LogP contribution in [0.5, 0.6) is 0 Å². The van der Waals surface area contributed by atoms with Crippen LogP contribution in [0.3, 0.4) is 0 Å². The third-order valence-electron chi connectivity index (χ3n) is 2.77. The van der Waals surface area contributed by atoms with Gasteiger partial charge < -0.3 is 5.11 Å². The SMILES string of the molecule is CC(CC#N)N(C)S(=O)(=O)c1cccc(C(=O)O)c1. The third-order valence-corrected chi connectivity index (χ3v) is 4.73. The van der Waals surface area contributed by atoms with E-state index in [1.54, 1.807) is 6.92 Å². The highest BCUT2D eigenvalue weighted by Gasteiger charge is 2.25. The van der Waals surface area contributed by atoms with Crippen molar-refractivity contribution in [2.24, 2.45) is 0 Å². The van der Waals surface area contributed by atoms with E-state index in [0.717, 1.165) is 10.4 Å². The molecule has 0 spiro atoms. The molecule has 19 heavy (non-hydrogen) atoms. The van der Waals surface area contributed by atoms with Crippen LogP contribution in [0.4, 0.5) is 0 Å². The molecular formula is C12H14N2O4S. The van der Waals surface area contributed by atoms with Crippen molar-refractivity contribution in [2.45, 2.75) is 24.3 Å². The van der Waals surface area contributed by atoms with E-state index < -0.39 is 22.0 Å². The predicted molar refractivity (Wildman–Crippen MR) is 68.0 cm³/mol. The molecule has 0 bridgehead atoms. The summed E-state index contributed by atoms with van der Waals surface area (Å²) >= 11 is 0. The first-order valence-electron chi connectivity index (χ1n) is 5.49. The van der Waals surface area contributed by atoms with Gasteiger partial charge in [0.15, 0.2) is 0 Å². The lowest BCUT2D eigenvalue weighted by Gasteiger charge is -2.22. The molecule has 1 rings (SSSR count). The van der Waals surface area contributed by atoms with E-state index in [9.17, 15) is 13.2 Å². The minimum atomic E-state index is -3.80. The Balaban J connectivity index is 3.17. The summed E-state index contributed by atoms with van der Waals surface area (Å²) in [7, 11) is -2.43. The van der Waals surface area contributed by atoms with Crippen molar-refractivity contribution >= 4 is 16.0 Å². The Bertz CT molecular complexity index is 619. The molecule has 1 atom stereocenters. The van der Waals surface area contributed by atoms with Gasteiger partial charge in [-0.25, -0.2) is 13.2 Å². The van der Waals surface area contributed by atoms with E-state index >= 15 is 0 Å². The van der Waals surface area contributed by atoms with E-state index in [-0.39, 0.29) is 16.9 Å². The Morgan fingerprint density at radius 3 is 2.68 bits per heavy atom. The summed E-state index contributed by atoms with van der Waals surface area (Å²) in [5.41, 5.74) is -0.0950. The standard InChI is InChI=1S/C12H14N2O4S/c1-9(6-7-13)14(2)19(17,18)11-5-3-4-10(8-11)12(15)16/h3-5,8-9H,6H2,1-2H3,(H,15,16). The predicted octanol–water partition coefficient (Wildman–Crippen LogP) is 1.31.